The van der Waals surface area contributed by atoms with Gasteiger partial charge in [0.2, 0.25) is 0 Å². The van der Waals surface area contributed by atoms with Crippen molar-refractivity contribution in [2.45, 2.75) is 69.4 Å². The molecule has 2 aromatic rings. The molecule has 0 bridgehead atoms. The average molecular weight is 430 g/mol. The number of ether oxygens (including phenoxy) is 2. The number of aryl methyl sites for hydroxylation is 1. The molecule has 2 fully saturated rings. The highest BCUT2D eigenvalue weighted by Gasteiger charge is 2.38. The second-order valence-corrected chi connectivity index (χ2v) is 8.79. The van der Waals surface area contributed by atoms with E-state index < -0.39 is 0 Å². The zero-order valence-electron chi connectivity index (χ0n) is 18.4. The number of aromatic nitrogens is 2. The number of amides is 1. The van der Waals surface area contributed by atoms with Crippen molar-refractivity contribution in [2.75, 3.05) is 20.3 Å². The second kappa shape index (κ2) is 9.81. The fourth-order valence-electron chi connectivity index (χ4n) is 5.22. The van der Waals surface area contributed by atoms with E-state index >= 15 is 0 Å². The summed E-state index contributed by atoms with van der Waals surface area (Å²) in [5, 5.41) is 7.42. The molecule has 6 nitrogen and oxygen atoms in total. The van der Waals surface area contributed by atoms with Gasteiger partial charge in [-0.05, 0) is 74.6 Å². The SMILES string of the molecule is COC(=O)N1CCCC(c2n[nH]cc2C)C1COC1CCC(c2cccc(F)c2)CC1. The van der Waals surface area contributed by atoms with Crippen LogP contribution in [-0.4, -0.2) is 53.6 Å². The summed E-state index contributed by atoms with van der Waals surface area (Å²) in [5.41, 5.74) is 3.20. The number of methoxy groups -OCH3 is 1. The monoisotopic (exact) mass is 429 g/mol. The third-order valence-electron chi connectivity index (χ3n) is 6.91. The zero-order chi connectivity index (χ0) is 21.8. The first kappa shape index (κ1) is 21.8. The van der Waals surface area contributed by atoms with Crippen LogP contribution in [0.3, 0.4) is 0 Å². The molecule has 2 atom stereocenters. The van der Waals surface area contributed by atoms with Crippen molar-refractivity contribution >= 4 is 6.09 Å². The molecule has 2 heterocycles. The Morgan fingerprint density at radius 3 is 2.74 bits per heavy atom. The van der Waals surface area contributed by atoms with Gasteiger partial charge in [-0.15, -0.1) is 0 Å². The van der Waals surface area contributed by atoms with Gasteiger partial charge in [0.1, 0.15) is 5.82 Å². The van der Waals surface area contributed by atoms with Gasteiger partial charge in [0.25, 0.3) is 0 Å². The Morgan fingerprint density at radius 2 is 2.06 bits per heavy atom. The van der Waals surface area contributed by atoms with E-state index in [4.69, 9.17) is 9.47 Å². The molecule has 1 aliphatic carbocycles. The second-order valence-electron chi connectivity index (χ2n) is 8.79. The molecule has 4 rings (SSSR count). The van der Waals surface area contributed by atoms with Crippen LogP contribution in [0.2, 0.25) is 0 Å². The third-order valence-corrected chi connectivity index (χ3v) is 6.91. The first-order chi connectivity index (χ1) is 15.1. The van der Waals surface area contributed by atoms with Crippen molar-refractivity contribution in [3.8, 4) is 0 Å². The van der Waals surface area contributed by atoms with E-state index in [2.05, 4.69) is 10.2 Å². The smallest absolute Gasteiger partial charge is 0.409 e. The van der Waals surface area contributed by atoms with Crippen LogP contribution in [-0.2, 0) is 9.47 Å². The molecule has 1 N–H and O–H groups in total. The average Bonchev–Trinajstić information content (AvgIpc) is 3.23. The highest BCUT2D eigenvalue weighted by Crippen LogP contribution is 2.37. The van der Waals surface area contributed by atoms with Gasteiger partial charge in [0.15, 0.2) is 0 Å². The first-order valence-electron chi connectivity index (χ1n) is 11.3. The Morgan fingerprint density at radius 1 is 1.26 bits per heavy atom. The number of aromatic amines is 1. The topological polar surface area (TPSA) is 67.5 Å². The van der Waals surface area contributed by atoms with E-state index in [9.17, 15) is 9.18 Å². The third kappa shape index (κ3) is 4.92. The Hall–Kier alpha value is -2.41. The van der Waals surface area contributed by atoms with Gasteiger partial charge in [-0.2, -0.15) is 5.10 Å². The maximum absolute atomic E-state index is 13.6. The molecule has 7 heteroatoms. The molecule has 1 aromatic heterocycles. The number of carbonyl (C=O) groups is 1. The molecule has 0 spiro atoms. The lowest BCUT2D eigenvalue weighted by Gasteiger charge is -2.41. The summed E-state index contributed by atoms with van der Waals surface area (Å²) in [6.07, 6.45) is 7.51. The largest absolute Gasteiger partial charge is 0.453 e. The van der Waals surface area contributed by atoms with Gasteiger partial charge >= 0.3 is 6.09 Å². The summed E-state index contributed by atoms with van der Waals surface area (Å²) in [4.78, 5) is 14.3. The van der Waals surface area contributed by atoms with Gasteiger partial charge in [-0.25, -0.2) is 9.18 Å². The van der Waals surface area contributed by atoms with Gasteiger partial charge in [0, 0.05) is 18.7 Å². The first-order valence-corrected chi connectivity index (χ1v) is 11.3. The summed E-state index contributed by atoms with van der Waals surface area (Å²) in [5.74, 6) is 0.342. The predicted octanol–water partition coefficient (Wildman–Crippen LogP) is 4.91. The Bertz CT molecular complexity index is 878. The predicted molar refractivity (Wildman–Crippen MR) is 116 cm³/mol. The number of hydrogen-bond acceptors (Lipinski definition) is 4. The van der Waals surface area contributed by atoms with Crippen LogP contribution in [0.4, 0.5) is 9.18 Å². The van der Waals surface area contributed by atoms with E-state index in [-0.39, 0.29) is 30.0 Å². The number of benzene rings is 1. The van der Waals surface area contributed by atoms with Crippen molar-refractivity contribution in [2.24, 2.45) is 0 Å². The summed E-state index contributed by atoms with van der Waals surface area (Å²) in [6.45, 7) is 3.19. The van der Waals surface area contributed by atoms with Crippen LogP contribution in [0.25, 0.3) is 0 Å². The standard InChI is InChI=1S/C24H32FN3O3/c1-16-14-26-27-23(16)21-7-4-12-28(24(29)30-2)22(21)15-31-20-10-8-17(9-11-20)18-5-3-6-19(25)13-18/h3,5-6,13-14,17,20-22H,4,7-12,15H2,1-2H3,(H,26,27). The zero-order valence-corrected chi connectivity index (χ0v) is 18.4. The minimum Gasteiger partial charge on any atom is -0.453 e. The number of halogens is 1. The van der Waals surface area contributed by atoms with E-state index in [1.165, 1.54) is 13.2 Å². The highest BCUT2D eigenvalue weighted by molar-refractivity contribution is 5.68. The fraction of sp³-hybridized carbons (Fsp3) is 0.583. The van der Waals surface area contributed by atoms with Crippen molar-refractivity contribution in [3.63, 3.8) is 0 Å². The van der Waals surface area contributed by atoms with Gasteiger partial charge in [-0.1, -0.05) is 12.1 Å². The molecule has 1 saturated carbocycles. The van der Waals surface area contributed by atoms with Gasteiger partial charge in [0.05, 0.1) is 31.6 Å². The molecule has 2 aliphatic rings. The molecule has 1 aromatic carbocycles. The molecule has 31 heavy (non-hydrogen) atoms. The number of rotatable bonds is 5. The van der Waals surface area contributed by atoms with Crippen LogP contribution >= 0.6 is 0 Å². The van der Waals surface area contributed by atoms with Crippen LogP contribution in [0, 0.1) is 12.7 Å². The minimum absolute atomic E-state index is 0.0934. The van der Waals surface area contributed by atoms with Gasteiger partial charge < -0.3 is 14.4 Å². The molecule has 1 aliphatic heterocycles. The quantitative estimate of drug-likeness (QED) is 0.733. The van der Waals surface area contributed by atoms with Crippen molar-refractivity contribution in [1.82, 2.24) is 15.1 Å². The number of carbonyl (C=O) groups excluding carboxylic acids is 1. The molecule has 0 radical (unpaired) electrons. The Balaban J connectivity index is 1.39. The summed E-state index contributed by atoms with van der Waals surface area (Å²) in [6, 6.07) is 6.85. The molecular formula is C24H32FN3O3. The summed E-state index contributed by atoms with van der Waals surface area (Å²) in [7, 11) is 1.43. The highest BCUT2D eigenvalue weighted by atomic mass is 19.1. The number of H-pyrrole nitrogens is 1. The fourth-order valence-corrected chi connectivity index (χ4v) is 5.22. The van der Waals surface area contributed by atoms with E-state index in [0.29, 0.717) is 19.1 Å². The lowest BCUT2D eigenvalue weighted by atomic mass is 9.82. The number of nitrogens with one attached hydrogen (secondary N) is 1. The van der Waals surface area contributed by atoms with Crippen LogP contribution < -0.4 is 0 Å². The lowest BCUT2D eigenvalue weighted by molar-refractivity contribution is -0.0242. The molecule has 168 valence electrons. The van der Waals surface area contributed by atoms with Crippen molar-refractivity contribution in [1.29, 1.82) is 0 Å². The van der Waals surface area contributed by atoms with Gasteiger partial charge in [-0.3, -0.25) is 5.10 Å². The van der Waals surface area contributed by atoms with Crippen LogP contribution in [0.1, 0.15) is 67.2 Å². The Labute approximate surface area is 183 Å². The number of piperidine rings is 1. The maximum atomic E-state index is 13.6. The molecule has 1 amide bonds. The van der Waals surface area contributed by atoms with Crippen LogP contribution in [0.15, 0.2) is 30.5 Å². The van der Waals surface area contributed by atoms with Crippen molar-refractivity contribution in [3.05, 3.63) is 53.1 Å². The Kier molecular flexibility index (Phi) is 6.90. The molecular weight excluding hydrogens is 397 g/mol. The van der Waals surface area contributed by atoms with E-state index in [1.54, 1.807) is 17.0 Å². The number of hydrogen-bond donors (Lipinski definition) is 1. The molecule has 1 saturated heterocycles. The maximum Gasteiger partial charge on any atom is 0.409 e. The number of likely N-dealkylation sites (tertiary alicyclic amines) is 1. The molecule has 2 unspecified atom stereocenters. The summed E-state index contributed by atoms with van der Waals surface area (Å²) >= 11 is 0. The lowest BCUT2D eigenvalue weighted by Crippen LogP contribution is -2.50. The number of nitrogens with zero attached hydrogens (tertiary/aromatic N) is 2. The van der Waals surface area contributed by atoms with E-state index in [1.807, 2.05) is 19.2 Å². The van der Waals surface area contributed by atoms with Crippen LogP contribution in [0.5, 0.6) is 0 Å². The normalized spacial score (nSPS) is 26.6. The summed E-state index contributed by atoms with van der Waals surface area (Å²) < 4.78 is 25.0. The van der Waals surface area contributed by atoms with E-state index in [0.717, 1.165) is 55.3 Å². The van der Waals surface area contributed by atoms with Crippen molar-refractivity contribution < 1.29 is 18.7 Å². The minimum atomic E-state index is -0.304.